The molecule has 0 bridgehead atoms. The molecule has 0 aromatic heterocycles. The maximum atomic E-state index is 13.6. The topological polar surface area (TPSA) is 32.3 Å². The van der Waals surface area contributed by atoms with Gasteiger partial charge < -0.3 is 10.2 Å². The van der Waals surface area contributed by atoms with Crippen LogP contribution in [0.5, 0.6) is 0 Å². The number of carbonyl (C=O) groups excluding carboxylic acids is 1. The lowest BCUT2D eigenvalue weighted by Gasteiger charge is -2.23. The summed E-state index contributed by atoms with van der Waals surface area (Å²) in [6, 6.07) is 6.47. The first-order valence-corrected chi connectivity index (χ1v) is 6.03. The minimum absolute atomic E-state index is 0.167. The van der Waals surface area contributed by atoms with Crippen LogP contribution in [0.15, 0.2) is 24.3 Å². The van der Waals surface area contributed by atoms with Gasteiger partial charge in [0.15, 0.2) is 0 Å². The summed E-state index contributed by atoms with van der Waals surface area (Å²) in [7, 11) is 0. The van der Waals surface area contributed by atoms with Crippen molar-refractivity contribution in [1.29, 1.82) is 0 Å². The molecule has 2 saturated heterocycles. The highest BCUT2D eigenvalue weighted by Crippen LogP contribution is 2.28. The molecule has 2 heterocycles. The van der Waals surface area contributed by atoms with E-state index in [0.29, 0.717) is 5.92 Å². The zero-order valence-corrected chi connectivity index (χ0v) is 9.53. The second-order valence-electron chi connectivity index (χ2n) is 4.75. The average molecular weight is 234 g/mol. The molecule has 1 N–H and O–H groups in total. The van der Waals surface area contributed by atoms with E-state index in [-0.39, 0.29) is 17.5 Å². The molecule has 2 atom stereocenters. The fourth-order valence-corrected chi connectivity index (χ4v) is 2.89. The van der Waals surface area contributed by atoms with E-state index in [9.17, 15) is 9.18 Å². The Bertz CT molecular complexity index is 449. The molecule has 0 unspecified atom stereocenters. The average Bonchev–Trinajstić information content (AvgIpc) is 2.90. The maximum absolute atomic E-state index is 13.6. The van der Waals surface area contributed by atoms with Gasteiger partial charge in [-0.1, -0.05) is 12.1 Å². The van der Waals surface area contributed by atoms with Crippen molar-refractivity contribution < 1.29 is 9.18 Å². The number of carbonyl (C=O) groups is 1. The fourth-order valence-electron chi connectivity index (χ4n) is 2.89. The summed E-state index contributed by atoms with van der Waals surface area (Å²) >= 11 is 0. The van der Waals surface area contributed by atoms with Crippen LogP contribution in [0.4, 0.5) is 4.39 Å². The van der Waals surface area contributed by atoms with E-state index in [1.54, 1.807) is 18.2 Å². The SMILES string of the molecule is O=C(c1ccccc1F)N1CC[C@H]2CNC[C@H]21. The molecular formula is C13H15FN2O. The lowest BCUT2D eigenvalue weighted by Crippen LogP contribution is -2.39. The van der Waals surface area contributed by atoms with Gasteiger partial charge in [-0.15, -0.1) is 0 Å². The number of nitrogens with one attached hydrogen (secondary N) is 1. The van der Waals surface area contributed by atoms with E-state index in [2.05, 4.69) is 5.32 Å². The highest BCUT2D eigenvalue weighted by molar-refractivity contribution is 5.95. The first-order valence-electron chi connectivity index (χ1n) is 6.03. The molecule has 3 nitrogen and oxygen atoms in total. The molecule has 0 radical (unpaired) electrons. The van der Waals surface area contributed by atoms with Gasteiger partial charge in [-0.25, -0.2) is 4.39 Å². The molecule has 0 saturated carbocycles. The molecule has 2 aliphatic rings. The van der Waals surface area contributed by atoms with Crippen LogP contribution in [-0.2, 0) is 0 Å². The highest BCUT2D eigenvalue weighted by atomic mass is 19.1. The molecular weight excluding hydrogens is 219 g/mol. The quantitative estimate of drug-likeness (QED) is 0.793. The number of fused-ring (bicyclic) bond motifs is 1. The second kappa shape index (κ2) is 4.11. The molecule has 90 valence electrons. The Morgan fingerprint density at radius 2 is 2.18 bits per heavy atom. The Kier molecular flexibility index (Phi) is 2.59. The lowest BCUT2D eigenvalue weighted by molar-refractivity contribution is 0.0732. The third-order valence-electron chi connectivity index (χ3n) is 3.81. The van der Waals surface area contributed by atoms with Crippen LogP contribution < -0.4 is 5.32 Å². The molecule has 1 amide bonds. The normalized spacial score (nSPS) is 27.2. The summed E-state index contributed by atoms with van der Waals surface area (Å²) in [6.07, 6.45) is 1.03. The number of benzene rings is 1. The molecule has 1 aromatic rings. The van der Waals surface area contributed by atoms with Crippen LogP contribution >= 0.6 is 0 Å². The zero-order valence-electron chi connectivity index (χ0n) is 9.53. The van der Waals surface area contributed by atoms with Crippen molar-refractivity contribution in [3.8, 4) is 0 Å². The maximum Gasteiger partial charge on any atom is 0.257 e. The largest absolute Gasteiger partial charge is 0.334 e. The van der Waals surface area contributed by atoms with Crippen molar-refractivity contribution >= 4 is 5.91 Å². The standard InChI is InChI=1S/C13H15FN2O/c14-11-4-2-1-3-10(11)13(17)16-6-5-9-7-15-8-12(9)16/h1-4,9,12,15H,5-8H2/t9-,12+/m0/s1. The number of nitrogens with zero attached hydrogens (tertiary/aromatic N) is 1. The molecule has 2 fully saturated rings. The van der Waals surface area contributed by atoms with Crippen LogP contribution in [0.1, 0.15) is 16.8 Å². The van der Waals surface area contributed by atoms with Crippen molar-refractivity contribution in [1.82, 2.24) is 10.2 Å². The van der Waals surface area contributed by atoms with Crippen LogP contribution in [-0.4, -0.2) is 36.5 Å². The lowest BCUT2D eigenvalue weighted by atomic mass is 10.0. The van der Waals surface area contributed by atoms with Crippen molar-refractivity contribution in [2.75, 3.05) is 19.6 Å². The highest BCUT2D eigenvalue weighted by Gasteiger charge is 2.40. The van der Waals surface area contributed by atoms with Crippen LogP contribution in [0.25, 0.3) is 0 Å². The van der Waals surface area contributed by atoms with Crippen molar-refractivity contribution in [2.24, 2.45) is 5.92 Å². The minimum Gasteiger partial charge on any atom is -0.334 e. The third kappa shape index (κ3) is 1.72. The fraction of sp³-hybridized carbons (Fsp3) is 0.462. The number of rotatable bonds is 1. The Hall–Kier alpha value is -1.42. The molecule has 1 aromatic carbocycles. The van der Waals surface area contributed by atoms with Crippen molar-refractivity contribution in [3.05, 3.63) is 35.6 Å². The summed E-state index contributed by atoms with van der Waals surface area (Å²) in [6.45, 7) is 2.57. The summed E-state index contributed by atoms with van der Waals surface area (Å²) in [5, 5.41) is 3.29. The second-order valence-corrected chi connectivity index (χ2v) is 4.75. The van der Waals surface area contributed by atoms with E-state index in [1.165, 1.54) is 6.07 Å². The van der Waals surface area contributed by atoms with E-state index in [0.717, 1.165) is 26.1 Å². The molecule has 3 rings (SSSR count). The van der Waals surface area contributed by atoms with Crippen molar-refractivity contribution in [3.63, 3.8) is 0 Å². The van der Waals surface area contributed by atoms with Gasteiger partial charge in [0.25, 0.3) is 5.91 Å². The molecule has 4 heteroatoms. The van der Waals surface area contributed by atoms with Crippen LogP contribution in [0.3, 0.4) is 0 Å². The summed E-state index contributed by atoms with van der Waals surface area (Å²) in [4.78, 5) is 14.1. The summed E-state index contributed by atoms with van der Waals surface area (Å²) in [5.74, 6) is -0.0445. The predicted molar refractivity (Wildman–Crippen MR) is 62.2 cm³/mol. The molecule has 2 aliphatic heterocycles. The van der Waals surface area contributed by atoms with E-state index in [1.807, 2.05) is 4.90 Å². The van der Waals surface area contributed by atoms with Gasteiger partial charge in [-0.3, -0.25) is 4.79 Å². The number of hydrogen-bond acceptors (Lipinski definition) is 2. The molecule has 0 spiro atoms. The number of amides is 1. The third-order valence-corrected chi connectivity index (χ3v) is 3.81. The van der Waals surface area contributed by atoms with Crippen LogP contribution in [0, 0.1) is 11.7 Å². The van der Waals surface area contributed by atoms with Gasteiger partial charge in [0.05, 0.1) is 5.56 Å². The van der Waals surface area contributed by atoms with Gasteiger partial charge in [-0.05, 0) is 24.5 Å². The first kappa shape index (κ1) is 10.7. The van der Waals surface area contributed by atoms with Gasteiger partial charge in [0.2, 0.25) is 0 Å². The Labute approximate surface area is 99.6 Å². The van der Waals surface area contributed by atoms with Crippen LogP contribution in [0.2, 0.25) is 0 Å². The van der Waals surface area contributed by atoms with Gasteiger partial charge in [0, 0.05) is 25.7 Å². The van der Waals surface area contributed by atoms with E-state index >= 15 is 0 Å². The van der Waals surface area contributed by atoms with Gasteiger partial charge in [-0.2, -0.15) is 0 Å². The smallest absolute Gasteiger partial charge is 0.257 e. The number of halogens is 1. The number of hydrogen-bond donors (Lipinski definition) is 1. The monoisotopic (exact) mass is 234 g/mol. The van der Waals surface area contributed by atoms with Crippen molar-refractivity contribution in [2.45, 2.75) is 12.5 Å². The van der Waals surface area contributed by atoms with E-state index in [4.69, 9.17) is 0 Å². The molecule has 17 heavy (non-hydrogen) atoms. The zero-order chi connectivity index (χ0) is 11.8. The summed E-state index contributed by atoms with van der Waals surface area (Å²) in [5.41, 5.74) is 0.194. The first-order chi connectivity index (χ1) is 8.27. The van der Waals surface area contributed by atoms with Gasteiger partial charge in [0.1, 0.15) is 5.82 Å². The van der Waals surface area contributed by atoms with E-state index < -0.39 is 5.82 Å². The predicted octanol–water partition coefficient (Wildman–Crippen LogP) is 1.26. The summed E-state index contributed by atoms with van der Waals surface area (Å²) < 4.78 is 13.6. The number of likely N-dealkylation sites (tertiary alicyclic amines) is 1. The Balaban J connectivity index is 1.85. The Morgan fingerprint density at radius 1 is 1.35 bits per heavy atom. The Morgan fingerprint density at radius 3 is 3.00 bits per heavy atom. The van der Waals surface area contributed by atoms with Gasteiger partial charge >= 0.3 is 0 Å². The molecule has 0 aliphatic carbocycles. The minimum atomic E-state index is -0.424.